The summed E-state index contributed by atoms with van der Waals surface area (Å²) in [7, 11) is 1.36. The second-order valence-corrected chi connectivity index (χ2v) is 19.6. The maximum absolute atomic E-state index is 12.7. The molecular weight excluding hydrogens is 758 g/mol. The highest BCUT2D eigenvalue weighted by Gasteiger charge is 2.20. The lowest BCUT2D eigenvalue weighted by Gasteiger charge is -2.28. The summed E-state index contributed by atoms with van der Waals surface area (Å²) < 4.78 is 34.6. The first kappa shape index (κ1) is 58.0. The van der Waals surface area contributed by atoms with Gasteiger partial charge in [-0.05, 0) is 57.8 Å². The Morgan fingerprint density at radius 1 is 0.508 bits per heavy atom. The smallest absolute Gasteiger partial charge is 0.306 e. The van der Waals surface area contributed by atoms with Crippen LogP contribution in [0.25, 0.3) is 0 Å². The molecule has 0 aliphatic heterocycles. The van der Waals surface area contributed by atoms with Crippen LogP contribution in [0.5, 0.6) is 0 Å². The molecule has 0 saturated heterocycles. The number of carbonyl (C=O) groups is 1. The van der Waals surface area contributed by atoms with Crippen LogP contribution in [-0.2, 0) is 27.9 Å². The van der Waals surface area contributed by atoms with Crippen LogP contribution in [0, 0.1) is 0 Å². The molecule has 0 fully saturated rings. The molecule has 0 heterocycles. The molecule has 0 aromatic heterocycles. The Bertz CT molecular complexity index is 998. The van der Waals surface area contributed by atoms with Gasteiger partial charge in [-0.25, -0.2) is 0 Å². The number of hydrogen-bond acceptors (Lipinski definition) is 7. The van der Waals surface area contributed by atoms with Gasteiger partial charge in [-0.2, -0.15) is 0 Å². The van der Waals surface area contributed by atoms with Crippen molar-refractivity contribution in [2.24, 2.45) is 0 Å². The molecule has 0 radical (unpaired) electrons. The Kier molecular flexibility index (Phi) is 42.9. The average Bonchev–Trinajstić information content (AvgIpc) is 3.19. The molecule has 0 rings (SSSR count). The Morgan fingerprint density at radius 2 is 0.898 bits per heavy atom. The quantitative estimate of drug-likeness (QED) is 0.0198. The second kappa shape index (κ2) is 43.6. The van der Waals surface area contributed by atoms with E-state index in [1.807, 2.05) is 21.1 Å². The topological polar surface area (TPSA) is 94.1 Å². The van der Waals surface area contributed by atoms with Crippen LogP contribution >= 0.6 is 7.82 Å². The second-order valence-electron chi connectivity index (χ2n) is 18.2. The molecule has 0 aromatic rings. The zero-order chi connectivity index (χ0) is 43.4. The lowest BCUT2D eigenvalue weighted by Crippen LogP contribution is -2.37. The van der Waals surface area contributed by atoms with Gasteiger partial charge in [-0.3, -0.25) is 9.36 Å². The van der Waals surface area contributed by atoms with E-state index in [-0.39, 0.29) is 25.8 Å². The van der Waals surface area contributed by atoms with Gasteiger partial charge < -0.3 is 27.9 Å². The van der Waals surface area contributed by atoms with E-state index in [0.717, 1.165) is 44.9 Å². The van der Waals surface area contributed by atoms with Gasteiger partial charge in [0.1, 0.15) is 19.3 Å². The third-order valence-electron chi connectivity index (χ3n) is 11.0. The number of phosphoric acid groups is 1. The number of esters is 1. The molecule has 0 amide bonds. The maximum atomic E-state index is 12.7. The monoisotopic (exact) mass is 856 g/mol. The van der Waals surface area contributed by atoms with Gasteiger partial charge in [0.2, 0.25) is 0 Å². The molecule has 0 bridgehead atoms. The third-order valence-corrected chi connectivity index (χ3v) is 11.9. The van der Waals surface area contributed by atoms with Crippen molar-refractivity contribution in [2.45, 2.75) is 238 Å². The summed E-state index contributed by atoms with van der Waals surface area (Å²) >= 11 is 0. The molecule has 0 N–H and O–H groups in total. The first-order valence-corrected chi connectivity index (χ1v) is 26.5. The van der Waals surface area contributed by atoms with Crippen molar-refractivity contribution in [3.63, 3.8) is 0 Å². The number of likely N-dealkylation sites (N-methyl/N-ethyl adjacent to an activating group) is 1. The summed E-state index contributed by atoms with van der Waals surface area (Å²) in [6.07, 6.45) is 50.7. The first-order chi connectivity index (χ1) is 28.6. The molecule has 0 saturated carbocycles. The summed E-state index contributed by atoms with van der Waals surface area (Å²) in [6.45, 7) is 5.39. The number of rotatable bonds is 47. The number of hydrogen-bond donors (Lipinski definition) is 0. The highest BCUT2D eigenvalue weighted by atomic mass is 31.2. The van der Waals surface area contributed by atoms with Crippen LogP contribution in [0.4, 0.5) is 0 Å². The number of ether oxygens (including phenoxy) is 2. The van der Waals surface area contributed by atoms with E-state index in [2.05, 4.69) is 38.2 Å². The summed E-state index contributed by atoms with van der Waals surface area (Å²) in [4.78, 5) is 25.0. The van der Waals surface area contributed by atoms with Crippen molar-refractivity contribution in [3.05, 3.63) is 24.3 Å². The number of unbranched alkanes of at least 4 members (excludes halogenated alkanes) is 29. The standard InChI is InChI=1S/C50H98NO7P/c1-6-8-10-12-14-16-18-19-20-21-22-23-24-25-26-27-28-29-30-31-32-34-36-38-40-42-45-55-47-49(48-57-59(53,54)56-46-44-51(3,4)5)58-50(52)43-41-39-37-35-33-17-15-13-11-9-7-2/h13,15,21-22,49H,6-12,14,16-20,23-48H2,1-5H3/b15-13-,22-21-. The SMILES string of the molecule is CCCC/C=C\CCCCCCCC(=O)OC(COCCCCCCCCCCCCCCCC/C=C\CCCCCCCCCC)COP(=O)([O-])OCC[N+](C)(C)C. The van der Waals surface area contributed by atoms with Crippen LogP contribution in [0.3, 0.4) is 0 Å². The van der Waals surface area contributed by atoms with Gasteiger partial charge in [-0.1, -0.05) is 192 Å². The molecule has 59 heavy (non-hydrogen) atoms. The van der Waals surface area contributed by atoms with Gasteiger partial charge in [0.15, 0.2) is 0 Å². The number of nitrogens with zero attached hydrogens (tertiary/aromatic N) is 1. The minimum atomic E-state index is -4.52. The normalized spacial score (nSPS) is 13.8. The van der Waals surface area contributed by atoms with Crippen molar-refractivity contribution in [1.29, 1.82) is 0 Å². The number of allylic oxidation sites excluding steroid dienone is 4. The zero-order valence-corrected chi connectivity index (χ0v) is 40.6. The van der Waals surface area contributed by atoms with Crippen molar-refractivity contribution in [1.82, 2.24) is 0 Å². The lowest BCUT2D eigenvalue weighted by molar-refractivity contribution is -0.870. The van der Waals surface area contributed by atoms with Gasteiger partial charge in [0.05, 0.1) is 34.4 Å². The molecule has 0 aromatic carbocycles. The van der Waals surface area contributed by atoms with Crippen LogP contribution in [0.2, 0.25) is 0 Å². The predicted octanol–water partition coefficient (Wildman–Crippen LogP) is 14.5. The van der Waals surface area contributed by atoms with Crippen LogP contribution in [0.15, 0.2) is 24.3 Å². The highest BCUT2D eigenvalue weighted by Crippen LogP contribution is 2.38. The Labute approximate surface area is 366 Å². The molecule has 2 unspecified atom stereocenters. The van der Waals surface area contributed by atoms with E-state index in [4.69, 9.17) is 18.5 Å². The summed E-state index contributed by atoms with van der Waals surface area (Å²) in [5.41, 5.74) is 0. The minimum Gasteiger partial charge on any atom is -0.756 e. The number of phosphoric ester groups is 1. The lowest BCUT2D eigenvalue weighted by atomic mass is 10.0. The van der Waals surface area contributed by atoms with E-state index >= 15 is 0 Å². The molecule has 350 valence electrons. The van der Waals surface area contributed by atoms with Gasteiger partial charge >= 0.3 is 5.97 Å². The third kappa shape index (κ3) is 47.9. The molecule has 2 atom stereocenters. The molecule has 0 spiro atoms. The molecular formula is C50H98NO7P. The average molecular weight is 856 g/mol. The Hall–Kier alpha value is -1.02. The summed E-state index contributed by atoms with van der Waals surface area (Å²) in [5.74, 6) is -0.342. The van der Waals surface area contributed by atoms with E-state index in [9.17, 15) is 14.3 Å². The first-order valence-electron chi connectivity index (χ1n) is 25.1. The van der Waals surface area contributed by atoms with E-state index in [0.29, 0.717) is 24.1 Å². The van der Waals surface area contributed by atoms with Gasteiger partial charge in [-0.15, -0.1) is 0 Å². The minimum absolute atomic E-state index is 0.0262. The van der Waals surface area contributed by atoms with Crippen molar-refractivity contribution in [2.75, 3.05) is 54.1 Å². The van der Waals surface area contributed by atoms with Crippen molar-refractivity contribution >= 4 is 13.8 Å². The Morgan fingerprint density at radius 3 is 1.34 bits per heavy atom. The summed E-state index contributed by atoms with van der Waals surface area (Å²) in [6, 6.07) is 0. The predicted molar refractivity (Wildman–Crippen MR) is 250 cm³/mol. The van der Waals surface area contributed by atoms with E-state index in [1.165, 1.54) is 167 Å². The van der Waals surface area contributed by atoms with Gasteiger partial charge in [0.25, 0.3) is 7.82 Å². The molecule has 0 aliphatic carbocycles. The van der Waals surface area contributed by atoms with Gasteiger partial charge in [0, 0.05) is 13.0 Å². The molecule has 8 nitrogen and oxygen atoms in total. The number of quaternary nitrogens is 1. The fourth-order valence-corrected chi connectivity index (χ4v) is 7.78. The number of carbonyl (C=O) groups excluding carboxylic acids is 1. The van der Waals surface area contributed by atoms with E-state index in [1.54, 1.807) is 0 Å². The van der Waals surface area contributed by atoms with Crippen LogP contribution < -0.4 is 4.89 Å². The largest absolute Gasteiger partial charge is 0.756 e. The van der Waals surface area contributed by atoms with Crippen molar-refractivity contribution in [3.8, 4) is 0 Å². The fourth-order valence-electron chi connectivity index (χ4n) is 7.05. The maximum Gasteiger partial charge on any atom is 0.306 e. The van der Waals surface area contributed by atoms with E-state index < -0.39 is 13.9 Å². The highest BCUT2D eigenvalue weighted by molar-refractivity contribution is 7.45. The Balaban J connectivity index is 3.99. The zero-order valence-electron chi connectivity index (χ0n) is 39.7. The van der Waals surface area contributed by atoms with Crippen LogP contribution in [-0.4, -0.2) is 70.7 Å². The molecule has 0 aliphatic rings. The van der Waals surface area contributed by atoms with Crippen LogP contribution in [0.1, 0.15) is 232 Å². The van der Waals surface area contributed by atoms with Crippen molar-refractivity contribution < 1.29 is 37.3 Å². The molecule has 9 heteroatoms. The summed E-state index contributed by atoms with van der Waals surface area (Å²) in [5, 5.41) is 0. The fraction of sp³-hybridized carbons (Fsp3) is 0.900.